The highest BCUT2D eigenvalue weighted by molar-refractivity contribution is 5.87. The SMILES string of the molecule is COC(=O)C=Cc1ccc(NC(CO)c2ccccc2)c([N+](=O)[O-])c1. The molecule has 1 unspecified atom stereocenters. The molecule has 0 aromatic heterocycles. The Bertz CT molecular complexity index is 774. The molecule has 0 aliphatic rings. The molecule has 0 bridgehead atoms. The molecule has 2 N–H and O–H groups in total. The summed E-state index contributed by atoms with van der Waals surface area (Å²) >= 11 is 0. The van der Waals surface area contributed by atoms with E-state index in [0.29, 0.717) is 5.56 Å². The van der Waals surface area contributed by atoms with Crippen LogP contribution >= 0.6 is 0 Å². The number of methoxy groups -OCH3 is 1. The number of nitro benzene ring substituents is 1. The first-order valence-corrected chi connectivity index (χ1v) is 7.52. The van der Waals surface area contributed by atoms with Gasteiger partial charge in [0.2, 0.25) is 0 Å². The molecule has 0 fully saturated rings. The number of nitrogens with one attached hydrogen (secondary N) is 1. The Labute approximate surface area is 144 Å². The predicted molar refractivity (Wildman–Crippen MR) is 94.0 cm³/mol. The lowest BCUT2D eigenvalue weighted by Crippen LogP contribution is -2.15. The highest BCUT2D eigenvalue weighted by Gasteiger charge is 2.18. The number of nitrogens with zero attached hydrogens (tertiary/aromatic N) is 1. The standard InChI is InChI=1S/C18H18N2O5/c1-25-18(22)10-8-13-7-9-15(17(11-13)20(23)24)19-16(12-21)14-5-3-2-4-6-14/h2-11,16,19,21H,12H2,1H3. The van der Waals surface area contributed by atoms with Crippen LogP contribution in [0.3, 0.4) is 0 Å². The molecule has 0 saturated carbocycles. The Kier molecular flexibility index (Phi) is 6.25. The first-order valence-electron chi connectivity index (χ1n) is 7.52. The maximum absolute atomic E-state index is 11.4. The second-order valence-corrected chi connectivity index (χ2v) is 5.18. The summed E-state index contributed by atoms with van der Waals surface area (Å²) in [5.41, 5.74) is 1.43. The van der Waals surface area contributed by atoms with Crippen molar-refractivity contribution in [3.63, 3.8) is 0 Å². The number of rotatable bonds is 7. The topological polar surface area (TPSA) is 102 Å². The van der Waals surface area contributed by atoms with E-state index in [1.54, 1.807) is 12.1 Å². The number of aliphatic hydroxyl groups excluding tert-OH is 1. The molecule has 2 rings (SSSR count). The quantitative estimate of drug-likeness (QED) is 0.347. The zero-order valence-electron chi connectivity index (χ0n) is 13.6. The van der Waals surface area contributed by atoms with Crippen molar-refractivity contribution in [2.24, 2.45) is 0 Å². The van der Waals surface area contributed by atoms with Crippen molar-refractivity contribution in [3.8, 4) is 0 Å². The molecule has 0 radical (unpaired) electrons. The summed E-state index contributed by atoms with van der Waals surface area (Å²) in [4.78, 5) is 22.0. The number of benzene rings is 2. The van der Waals surface area contributed by atoms with Gasteiger partial charge in [-0.15, -0.1) is 0 Å². The van der Waals surface area contributed by atoms with Gasteiger partial charge in [-0.25, -0.2) is 4.79 Å². The van der Waals surface area contributed by atoms with Crippen molar-refractivity contribution in [1.82, 2.24) is 0 Å². The van der Waals surface area contributed by atoms with Gasteiger partial charge in [0.25, 0.3) is 5.69 Å². The lowest BCUT2D eigenvalue weighted by molar-refractivity contribution is -0.384. The van der Waals surface area contributed by atoms with Gasteiger partial charge in [-0.3, -0.25) is 10.1 Å². The Morgan fingerprint density at radius 2 is 2.04 bits per heavy atom. The summed E-state index contributed by atoms with van der Waals surface area (Å²) in [6, 6.07) is 13.2. The average Bonchev–Trinajstić information content (AvgIpc) is 2.65. The van der Waals surface area contributed by atoms with Crippen molar-refractivity contribution in [1.29, 1.82) is 0 Å². The molecule has 0 amide bonds. The Morgan fingerprint density at radius 3 is 2.64 bits per heavy atom. The summed E-state index contributed by atoms with van der Waals surface area (Å²) in [5.74, 6) is -0.547. The van der Waals surface area contributed by atoms with Gasteiger partial charge in [0, 0.05) is 12.1 Å². The van der Waals surface area contributed by atoms with Crippen LogP contribution in [0.15, 0.2) is 54.6 Å². The fraction of sp³-hybridized carbons (Fsp3) is 0.167. The van der Waals surface area contributed by atoms with Gasteiger partial charge in [0.05, 0.1) is 24.7 Å². The largest absolute Gasteiger partial charge is 0.466 e. The molecule has 2 aromatic rings. The zero-order chi connectivity index (χ0) is 18.2. The highest BCUT2D eigenvalue weighted by Crippen LogP contribution is 2.29. The number of carbonyl (C=O) groups is 1. The molecule has 0 aliphatic heterocycles. The van der Waals surface area contributed by atoms with E-state index >= 15 is 0 Å². The van der Waals surface area contributed by atoms with Crippen molar-refractivity contribution >= 4 is 23.4 Å². The number of hydrogen-bond acceptors (Lipinski definition) is 6. The predicted octanol–water partition coefficient (Wildman–Crippen LogP) is 2.93. The molecule has 0 saturated heterocycles. The summed E-state index contributed by atoms with van der Waals surface area (Å²) in [5, 5.41) is 24.0. The third kappa shape index (κ3) is 4.89. The van der Waals surface area contributed by atoms with Gasteiger partial charge in [-0.2, -0.15) is 0 Å². The second-order valence-electron chi connectivity index (χ2n) is 5.18. The number of aliphatic hydroxyl groups is 1. The molecular formula is C18H18N2O5. The third-order valence-corrected chi connectivity index (χ3v) is 3.55. The van der Waals surface area contributed by atoms with Crippen LogP contribution in [0, 0.1) is 10.1 Å². The van der Waals surface area contributed by atoms with E-state index < -0.39 is 16.9 Å². The van der Waals surface area contributed by atoms with Crippen LogP contribution < -0.4 is 5.32 Å². The Balaban J connectivity index is 2.29. The monoisotopic (exact) mass is 342 g/mol. The fourth-order valence-electron chi connectivity index (χ4n) is 2.27. The molecule has 0 aliphatic carbocycles. The van der Waals surface area contributed by atoms with Crippen molar-refractivity contribution in [3.05, 3.63) is 75.8 Å². The number of ether oxygens (including phenoxy) is 1. The van der Waals surface area contributed by atoms with Gasteiger partial charge in [0.15, 0.2) is 0 Å². The fourth-order valence-corrected chi connectivity index (χ4v) is 2.27. The molecule has 7 heteroatoms. The summed E-state index contributed by atoms with van der Waals surface area (Å²) in [7, 11) is 1.25. The number of hydrogen-bond donors (Lipinski definition) is 2. The van der Waals surface area contributed by atoms with Crippen LogP contribution in [0.2, 0.25) is 0 Å². The van der Waals surface area contributed by atoms with Gasteiger partial charge >= 0.3 is 5.97 Å². The van der Waals surface area contributed by atoms with Gasteiger partial charge in [0.1, 0.15) is 5.69 Å². The number of anilines is 1. The molecule has 0 spiro atoms. The Hall–Kier alpha value is -3.19. The van der Waals surface area contributed by atoms with Gasteiger partial charge < -0.3 is 15.2 Å². The summed E-state index contributed by atoms with van der Waals surface area (Å²) < 4.78 is 4.49. The molecule has 2 aromatic carbocycles. The van der Waals surface area contributed by atoms with Crippen LogP contribution in [-0.4, -0.2) is 29.7 Å². The first-order chi connectivity index (χ1) is 12.0. The van der Waals surface area contributed by atoms with Crippen molar-refractivity contribution in [2.75, 3.05) is 19.0 Å². The van der Waals surface area contributed by atoms with Crippen LogP contribution in [0.25, 0.3) is 6.08 Å². The molecule has 130 valence electrons. The van der Waals surface area contributed by atoms with Gasteiger partial charge in [-0.1, -0.05) is 36.4 Å². The number of nitro groups is 1. The maximum Gasteiger partial charge on any atom is 0.330 e. The summed E-state index contributed by atoms with van der Waals surface area (Å²) in [6.45, 7) is -0.217. The smallest absolute Gasteiger partial charge is 0.330 e. The van der Waals surface area contributed by atoms with E-state index in [9.17, 15) is 20.0 Å². The van der Waals surface area contributed by atoms with Crippen molar-refractivity contribution in [2.45, 2.75) is 6.04 Å². The van der Waals surface area contributed by atoms with E-state index in [2.05, 4.69) is 10.1 Å². The molecular weight excluding hydrogens is 324 g/mol. The summed E-state index contributed by atoms with van der Waals surface area (Å²) in [6.07, 6.45) is 2.62. The van der Waals surface area contributed by atoms with Gasteiger partial charge in [-0.05, 0) is 23.3 Å². The molecule has 1 atom stereocenters. The Morgan fingerprint density at radius 1 is 1.32 bits per heavy atom. The highest BCUT2D eigenvalue weighted by atomic mass is 16.6. The van der Waals surface area contributed by atoms with E-state index in [-0.39, 0.29) is 18.0 Å². The lowest BCUT2D eigenvalue weighted by atomic mass is 10.1. The zero-order valence-corrected chi connectivity index (χ0v) is 13.6. The molecule has 0 heterocycles. The second kappa shape index (κ2) is 8.60. The third-order valence-electron chi connectivity index (χ3n) is 3.55. The van der Waals surface area contributed by atoms with E-state index in [1.165, 1.54) is 25.3 Å². The maximum atomic E-state index is 11.4. The number of carbonyl (C=O) groups excluding carboxylic acids is 1. The van der Waals surface area contributed by atoms with Crippen LogP contribution in [-0.2, 0) is 9.53 Å². The minimum absolute atomic E-state index is 0.151. The van der Waals surface area contributed by atoms with Crippen LogP contribution in [0.4, 0.5) is 11.4 Å². The van der Waals surface area contributed by atoms with Crippen LogP contribution in [0.1, 0.15) is 17.2 Å². The minimum Gasteiger partial charge on any atom is -0.466 e. The number of esters is 1. The van der Waals surface area contributed by atoms with E-state index in [4.69, 9.17) is 0 Å². The molecule has 7 nitrogen and oxygen atoms in total. The van der Waals surface area contributed by atoms with E-state index in [1.807, 2.05) is 30.3 Å². The normalized spacial score (nSPS) is 11.9. The molecule has 25 heavy (non-hydrogen) atoms. The first kappa shape index (κ1) is 18.2. The van der Waals surface area contributed by atoms with Crippen LogP contribution in [0.5, 0.6) is 0 Å². The lowest BCUT2D eigenvalue weighted by Gasteiger charge is -2.18. The van der Waals surface area contributed by atoms with Crippen molar-refractivity contribution < 1.29 is 19.6 Å². The average molecular weight is 342 g/mol. The van der Waals surface area contributed by atoms with E-state index in [0.717, 1.165) is 5.56 Å². The minimum atomic E-state index is -0.547.